The van der Waals surface area contributed by atoms with Crippen molar-refractivity contribution in [2.45, 2.75) is 50.9 Å². The molecule has 6 nitrogen and oxygen atoms in total. The van der Waals surface area contributed by atoms with Crippen LogP contribution in [-0.2, 0) is 9.59 Å². The molecule has 0 bridgehead atoms. The molecule has 0 aliphatic carbocycles. The molecule has 1 atom stereocenters. The Morgan fingerprint density at radius 3 is 3.00 bits per heavy atom. The minimum atomic E-state index is 0.172. The van der Waals surface area contributed by atoms with E-state index in [0.717, 1.165) is 57.4 Å². The third-order valence-corrected chi connectivity index (χ3v) is 5.00. The lowest BCUT2D eigenvalue weighted by molar-refractivity contribution is -0.134. The number of hydrogen-bond donors (Lipinski definition) is 1. The lowest BCUT2D eigenvalue weighted by Crippen LogP contribution is -2.41. The number of aromatic nitrogens is 2. The average Bonchev–Trinajstić information content (AvgIpc) is 3.04. The van der Waals surface area contributed by atoms with Crippen LogP contribution in [0.2, 0.25) is 0 Å². The molecule has 3 rings (SSSR count). The van der Waals surface area contributed by atoms with Crippen LogP contribution in [0.3, 0.4) is 0 Å². The molecule has 6 heteroatoms. The van der Waals surface area contributed by atoms with E-state index >= 15 is 0 Å². The van der Waals surface area contributed by atoms with E-state index in [1.807, 2.05) is 15.9 Å². The molecule has 2 amide bonds. The first kappa shape index (κ1) is 16.0. The second kappa shape index (κ2) is 7.62. The average molecular weight is 318 g/mol. The van der Waals surface area contributed by atoms with Gasteiger partial charge in [-0.15, -0.1) is 0 Å². The molecule has 0 saturated carbocycles. The van der Waals surface area contributed by atoms with E-state index in [1.54, 1.807) is 6.20 Å². The van der Waals surface area contributed by atoms with Gasteiger partial charge in [0.2, 0.25) is 11.8 Å². The van der Waals surface area contributed by atoms with E-state index in [4.69, 9.17) is 0 Å². The van der Waals surface area contributed by atoms with Gasteiger partial charge in [0.25, 0.3) is 0 Å². The maximum atomic E-state index is 12.5. The fourth-order valence-corrected chi connectivity index (χ4v) is 3.62. The van der Waals surface area contributed by atoms with Gasteiger partial charge in [0.05, 0.1) is 0 Å². The highest BCUT2D eigenvalue weighted by atomic mass is 16.2. The molecule has 3 heterocycles. The Hall–Kier alpha value is -1.85. The first-order chi connectivity index (χ1) is 11.2. The van der Waals surface area contributed by atoms with Crippen LogP contribution in [0.5, 0.6) is 0 Å². The molecule has 2 aliphatic rings. The Bertz CT molecular complexity index is 529. The molecule has 126 valence electrons. The van der Waals surface area contributed by atoms with Gasteiger partial charge < -0.3 is 9.80 Å². The van der Waals surface area contributed by atoms with Crippen molar-refractivity contribution in [2.75, 3.05) is 26.2 Å². The largest absolute Gasteiger partial charge is 0.342 e. The lowest BCUT2D eigenvalue weighted by atomic mass is 9.95. The minimum Gasteiger partial charge on any atom is -0.342 e. The summed E-state index contributed by atoms with van der Waals surface area (Å²) in [6, 6.07) is 1.99. The maximum absolute atomic E-state index is 12.5. The zero-order chi connectivity index (χ0) is 16.1. The van der Waals surface area contributed by atoms with Gasteiger partial charge in [0.1, 0.15) is 0 Å². The molecule has 0 spiro atoms. The topological polar surface area (TPSA) is 69.3 Å². The fourth-order valence-electron chi connectivity index (χ4n) is 3.62. The maximum Gasteiger partial charge on any atom is 0.224 e. The molecule has 0 aromatic carbocycles. The molecular weight excluding hydrogens is 292 g/mol. The fraction of sp³-hybridized carbons (Fsp3) is 0.706. The molecular formula is C17H26N4O2. The molecule has 2 saturated heterocycles. The van der Waals surface area contributed by atoms with Crippen LogP contribution in [-0.4, -0.2) is 58.0 Å². The number of likely N-dealkylation sites (tertiary alicyclic amines) is 2. The van der Waals surface area contributed by atoms with Crippen molar-refractivity contribution >= 4 is 11.8 Å². The van der Waals surface area contributed by atoms with Crippen molar-refractivity contribution in [3.8, 4) is 0 Å². The zero-order valence-corrected chi connectivity index (χ0v) is 13.7. The van der Waals surface area contributed by atoms with Crippen LogP contribution in [0.1, 0.15) is 56.6 Å². The highest BCUT2D eigenvalue weighted by Gasteiger charge is 2.26. The Morgan fingerprint density at radius 2 is 2.17 bits per heavy atom. The lowest BCUT2D eigenvalue weighted by Gasteiger charge is -2.33. The number of carbonyl (C=O) groups is 2. The zero-order valence-electron chi connectivity index (χ0n) is 13.7. The molecule has 0 unspecified atom stereocenters. The summed E-state index contributed by atoms with van der Waals surface area (Å²) >= 11 is 0. The van der Waals surface area contributed by atoms with Crippen molar-refractivity contribution in [3.05, 3.63) is 18.0 Å². The minimum absolute atomic E-state index is 0.172. The summed E-state index contributed by atoms with van der Waals surface area (Å²) in [6.07, 6.45) is 8.14. The number of hydrogen-bond acceptors (Lipinski definition) is 3. The summed E-state index contributed by atoms with van der Waals surface area (Å²) in [5.41, 5.74) is 1.12. The first-order valence-electron chi connectivity index (χ1n) is 8.79. The SMILES string of the molecule is O=C1CCCCCN1CCC(=O)N1CCC[C@@H](c2ccn[nH]2)C1. The van der Waals surface area contributed by atoms with Crippen LogP contribution in [0.4, 0.5) is 0 Å². The summed E-state index contributed by atoms with van der Waals surface area (Å²) in [4.78, 5) is 28.3. The van der Waals surface area contributed by atoms with E-state index in [2.05, 4.69) is 10.2 Å². The van der Waals surface area contributed by atoms with Gasteiger partial charge in [-0.05, 0) is 31.7 Å². The number of rotatable bonds is 4. The summed E-state index contributed by atoms with van der Waals surface area (Å²) in [7, 11) is 0. The highest BCUT2D eigenvalue weighted by molar-refractivity contribution is 5.79. The molecule has 2 aliphatic heterocycles. The van der Waals surface area contributed by atoms with E-state index in [-0.39, 0.29) is 11.8 Å². The van der Waals surface area contributed by atoms with Crippen LogP contribution in [0.25, 0.3) is 0 Å². The predicted octanol–water partition coefficient (Wildman–Crippen LogP) is 1.91. The van der Waals surface area contributed by atoms with Gasteiger partial charge in [-0.3, -0.25) is 14.7 Å². The van der Waals surface area contributed by atoms with Crippen molar-refractivity contribution in [1.29, 1.82) is 0 Å². The molecule has 1 N–H and O–H groups in total. The molecule has 2 fully saturated rings. The Balaban J connectivity index is 1.50. The van der Waals surface area contributed by atoms with Gasteiger partial charge in [0.15, 0.2) is 0 Å². The second-order valence-electron chi connectivity index (χ2n) is 6.63. The Kier molecular flexibility index (Phi) is 5.31. The van der Waals surface area contributed by atoms with Crippen LogP contribution >= 0.6 is 0 Å². The smallest absolute Gasteiger partial charge is 0.224 e. The first-order valence-corrected chi connectivity index (χ1v) is 8.79. The number of piperidine rings is 1. The van der Waals surface area contributed by atoms with E-state index in [9.17, 15) is 9.59 Å². The van der Waals surface area contributed by atoms with Crippen LogP contribution < -0.4 is 0 Å². The molecule has 0 radical (unpaired) electrons. The standard InChI is InChI=1S/C17H26N4O2/c22-16-6-2-1-3-10-20(16)12-8-17(23)21-11-4-5-14(13-21)15-7-9-18-19-15/h7,9,14H,1-6,8,10-13H2,(H,18,19)/t14-/m1/s1. The van der Waals surface area contributed by atoms with Crippen LogP contribution in [0, 0.1) is 0 Å². The molecule has 1 aromatic rings. The predicted molar refractivity (Wildman–Crippen MR) is 86.8 cm³/mol. The van der Waals surface area contributed by atoms with Gasteiger partial charge in [-0.25, -0.2) is 0 Å². The highest BCUT2D eigenvalue weighted by Crippen LogP contribution is 2.25. The monoisotopic (exact) mass is 318 g/mol. The van der Waals surface area contributed by atoms with Gasteiger partial charge in [0, 0.05) is 56.8 Å². The van der Waals surface area contributed by atoms with Gasteiger partial charge >= 0.3 is 0 Å². The molecule has 1 aromatic heterocycles. The quantitative estimate of drug-likeness (QED) is 0.922. The number of nitrogens with zero attached hydrogens (tertiary/aromatic N) is 3. The summed E-state index contributed by atoms with van der Waals surface area (Å²) < 4.78 is 0. The summed E-state index contributed by atoms with van der Waals surface area (Å²) in [6.45, 7) is 2.97. The van der Waals surface area contributed by atoms with Crippen LogP contribution in [0.15, 0.2) is 12.3 Å². The Morgan fingerprint density at radius 1 is 1.26 bits per heavy atom. The van der Waals surface area contributed by atoms with Crippen molar-refractivity contribution < 1.29 is 9.59 Å². The normalized spacial score (nSPS) is 23.0. The van der Waals surface area contributed by atoms with E-state index < -0.39 is 0 Å². The third-order valence-electron chi connectivity index (χ3n) is 5.00. The number of nitrogens with one attached hydrogen (secondary N) is 1. The number of H-pyrrole nitrogens is 1. The second-order valence-corrected chi connectivity index (χ2v) is 6.63. The van der Waals surface area contributed by atoms with Crippen molar-refractivity contribution in [1.82, 2.24) is 20.0 Å². The third kappa shape index (κ3) is 4.12. The van der Waals surface area contributed by atoms with Crippen molar-refractivity contribution in [2.24, 2.45) is 0 Å². The van der Waals surface area contributed by atoms with E-state index in [0.29, 0.717) is 25.3 Å². The number of carbonyl (C=O) groups excluding carboxylic acids is 2. The molecule has 23 heavy (non-hydrogen) atoms. The number of amides is 2. The number of aromatic amines is 1. The van der Waals surface area contributed by atoms with Gasteiger partial charge in [-0.2, -0.15) is 5.10 Å². The van der Waals surface area contributed by atoms with Gasteiger partial charge in [-0.1, -0.05) is 6.42 Å². The summed E-state index contributed by atoms with van der Waals surface area (Å²) in [5.74, 6) is 0.741. The van der Waals surface area contributed by atoms with E-state index in [1.165, 1.54) is 0 Å². The van der Waals surface area contributed by atoms with Crippen molar-refractivity contribution in [3.63, 3.8) is 0 Å². The Labute approximate surface area is 137 Å². The summed E-state index contributed by atoms with van der Waals surface area (Å²) in [5, 5.41) is 7.03.